The van der Waals surface area contributed by atoms with Crippen molar-refractivity contribution in [2.45, 2.75) is 37.6 Å². The summed E-state index contributed by atoms with van der Waals surface area (Å²) in [7, 11) is 0. The molecule has 0 unspecified atom stereocenters. The van der Waals surface area contributed by atoms with Crippen LogP contribution in [-0.2, 0) is 0 Å². The molecule has 2 rings (SSSR count). The van der Waals surface area contributed by atoms with E-state index in [4.69, 9.17) is 0 Å². The van der Waals surface area contributed by atoms with E-state index in [0.717, 1.165) is 9.50 Å². The first-order valence-electron chi connectivity index (χ1n) is 7.26. The number of hydrogen-bond donors (Lipinski definition) is 0. The molecule has 22 heavy (non-hydrogen) atoms. The van der Waals surface area contributed by atoms with E-state index in [1.165, 1.54) is 20.7 Å². The van der Waals surface area contributed by atoms with Crippen molar-refractivity contribution in [1.29, 1.82) is 0 Å². The second-order valence-electron chi connectivity index (χ2n) is 5.00. The lowest BCUT2D eigenvalue weighted by Crippen LogP contribution is -2.34. The zero-order valence-corrected chi connectivity index (χ0v) is 15.7. The summed E-state index contributed by atoms with van der Waals surface area (Å²) >= 11 is 5.09. The van der Waals surface area contributed by atoms with E-state index in [1.54, 1.807) is 22.9 Å². The summed E-state index contributed by atoms with van der Waals surface area (Å²) in [6, 6.07) is 6.12. The van der Waals surface area contributed by atoms with Gasteiger partial charge in [0.25, 0.3) is 0 Å². The maximum atomic E-state index is 12.4. The number of benzene rings is 1. The van der Waals surface area contributed by atoms with Crippen molar-refractivity contribution < 1.29 is 4.79 Å². The van der Waals surface area contributed by atoms with Crippen LogP contribution in [0.2, 0.25) is 0 Å². The normalized spacial score (nSPS) is 10.8. The summed E-state index contributed by atoms with van der Waals surface area (Å²) < 4.78 is 2.24. The van der Waals surface area contributed by atoms with Gasteiger partial charge >= 0.3 is 6.03 Å². The highest BCUT2D eigenvalue weighted by atomic mass is 79.9. The summed E-state index contributed by atoms with van der Waals surface area (Å²) in [5.41, 5.74) is 2.42. The first-order chi connectivity index (χ1) is 10.5. The summed E-state index contributed by atoms with van der Waals surface area (Å²) in [4.78, 5) is 15.3. The van der Waals surface area contributed by atoms with Crippen LogP contribution in [0.15, 0.2) is 38.8 Å². The molecule has 0 spiro atoms. The second kappa shape index (κ2) is 7.33. The number of carbonyl (C=O) groups is 1. The van der Waals surface area contributed by atoms with Gasteiger partial charge in [0.2, 0.25) is 0 Å². The van der Waals surface area contributed by atoms with Crippen molar-refractivity contribution in [2.24, 2.45) is 0 Å². The smallest absolute Gasteiger partial charge is 0.323 e. The lowest BCUT2D eigenvalue weighted by atomic mass is 10.2. The summed E-state index contributed by atoms with van der Waals surface area (Å²) in [5.74, 6) is 0. The summed E-state index contributed by atoms with van der Waals surface area (Å²) in [6.07, 6.45) is 1.73. The highest BCUT2D eigenvalue weighted by Crippen LogP contribution is 2.35. The van der Waals surface area contributed by atoms with Gasteiger partial charge in [0.05, 0.1) is 10.7 Å². The zero-order chi connectivity index (χ0) is 16.3. The molecular formula is C16H20BrN3OS. The Hall–Kier alpha value is -1.27. The quantitative estimate of drug-likeness (QED) is 0.768. The first-order valence-corrected chi connectivity index (χ1v) is 8.87. The van der Waals surface area contributed by atoms with Crippen LogP contribution < -0.4 is 0 Å². The lowest BCUT2D eigenvalue weighted by Gasteiger charge is -2.17. The van der Waals surface area contributed by atoms with E-state index in [9.17, 15) is 4.79 Å². The number of aryl methyl sites for hydroxylation is 2. The van der Waals surface area contributed by atoms with E-state index < -0.39 is 0 Å². The number of rotatable bonds is 4. The third kappa shape index (κ3) is 3.55. The van der Waals surface area contributed by atoms with Crippen LogP contribution in [0.3, 0.4) is 0 Å². The van der Waals surface area contributed by atoms with Gasteiger partial charge in [-0.05, 0) is 54.8 Å². The SMILES string of the molecule is CCN(CC)C(=O)n1cc(Br)c(Sc2c(C)cccc2C)n1. The molecule has 1 aromatic carbocycles. The highest BCUT2D eigenvalue weighted by Gasteiger charge is 2.17. The van der Waals surface area contributed by atoms with E-state index in [2.05, 4.69) is 47.0 Å². The monoisotopic (exact) mass is 381 g/mol. The van der Waals surface area contributed by atoms with Crippen molar-refractivity contribution in [3.8, 4) is 0 Å². The van der Waals surface area contributed by atoms with Crippen molar-refractivity contribution in [3.05, 3.63) is 40.0 Å². The molecule has 118 valence electrons. The van der Waals surface area contributed by atoms with E-state index in [0.29, 0.717) is 13.1 Å². The van der Waals surface area contributed by atoms with Gasteiger partial charge in [-0.2, -0.15) is 9.78 Å². The van der Waals surface area contributed by atoms with Gasteiger partial charge in [-0.1, -0.05) is 30.0 Å². The average Bonchev–Trinajstić information content (AvgIpc) is 2.85. The van der Waals surface area contributed by atoms with Crippen molar-refractivity contribution in [2.75, 3.05) is 13.1 Å². The highest BCUT2D eigenvalue weighted by molar-refractivity contribution is 9.10. The Morgan fingerprint density at radius 3 is 2.41 bits per heavy atom. The van der Waals surface area contributed by atoms with E-state index >= 15 is 0 Å². The van der Waals surface area contributed by atoms with Crippen molar-refractivity contribution >= 4 is 33.7 Å². The van der Waals surface area contributed by atoms with Gasteiger partial charge in [-0.15, -0.1) is 0 Å². The minimum absolute atomic E-state index is 0.0981. The molecule has 0 N–H and O–H groups in total. The number of aromatic nitrogens is 2. The molecule has 0 aliphatic rings. The van der Waals surface area contributed by atoms with E-state index in [1.807, 2.05) is 19.9 Å². The standard InChI is InChI=1S/C16H20BrN3OS/c1-5-19(6-2)16(21)20-10-13(17)15(18-20)22-14-11(3)8-7-9-12(14)4/h7-10H,5-6H2,1-4H3. The second-order valence-corrected chi connectivity index (χ2v) is 6.86. The zero-order valence-electron chi connectivity index (χ0n) is 13.3. The number of halogens is 1. The molecule has 0 saturated heterocycles. The Bertz CT molecular complexity index is 660. The molecule has 1 aromatic heterocycles. The van der Waals surface area contributed by atoms with Crippen molar-refractivity contribution in [1.82, 2.24) is 14.7 Å². The van der Waals surface area contributed by atoms with Crippen molar-refractivity contribution in [3.63, 3.8) is 0 Å². The topological polar surface area (TPSA) is 38.1 Å². The molecule has 0 saturated carbocycles. The van der Waals surface area contributed by atoms with Gasteiger partial charge in [0.15, 0.2) is 0 Å². The predicted molar refractivity (Wildman–Crippen MR) is 93.7 cm³/mol. The molecule has 2 aromatic rings. The van der Waals surface area contributed by atoms with Crippen LogP contribution in [0.4, 0.5) is 4.79 Å². The number of carbonyl (C=O) groups excluding carboxylic acids is 1. The largest absolute Gasteiger partial charge is 0.344 e. The molecule has 0 aliphatic heterocycles. The fourth-order valence-electron chi connectivity index (χ4n) is 2.20. The third-order valence-electron chi connectivity index (χ3n) is 3.48. The molecule has 0 radical (unpaired) electrons. The van der Waals surface area contributed by atoms with Gasteiger partial charge in [-0.3, -0.25) is 0 Å². The fraction of sp³-hybridized carbons (Fsp3) is 0.375. The predicted octanol–water partition coefficient (Wildman–Crippen LogP) is 4.72. The molecule has 4 nitrogen and oxygen atoms in total. The third-order valence-corrected chi connectivity index (χ3v) is 5.66. The Labute approximate surface area is 144 Å². The Balaban J connectivity index is 2.29. The minimum atomic E-state index is -0.0981. The molecule has 1 heterocycles. The van der Waals surface area contributed by atoms with Crippen LogP contribution >= 0.6 is 27.7 Å². The van der Waals surface area contributed by atoms with Gasteiger partial charge < -0.3 is 4.90 Å². The maximum absolute atomic E-state index is 12.4. The summed E-state index contributed by atoms with van der Waals surface area (Å²) in [6.45, 7) is 9.44. The Morgan fingerprint density at radius 2 is 1.86 bits per heavy atom. The molecule has 0 aliphatic carbocycles. The van der Waals surface area contributed by atoms with Crippen LogP contribution in [0.5, 0.6) is 0 Å². The van der Waals surface area contributed by atoms with Crippen LogP contribution in [0.1, 0.15) is 25.0 Å². The van der Waals surface area contributed by atoms with Gasteiger partial charge in [0.1, 0.15) is 5.03 Å². The molecule has 0 bridgehead atoms. The van der Waals surface area contributed by atoms with Gasteiger partial charge in [0, 0.05) is 18.0 Å². The molecule has 0 fully saturated rings. The molecular weight excluding hydrogens is 362 g/mol. The van der Waals surface area contributed by atoms with Gasteiger partial charge in [-0.25, -0.2) is 4.79 Å². The molecule has 6 heteroatoms. The Kier molecular flexibility index (Phi) is 5.69. The lowest BCUT2D eigenvalue weighted by molar-refractivity contribution is 0.201. The number of amides is 1. The van der Waals surface area contributed by atoms with Crippen LogP contribution in [0.25, 0.3) is 0 Å². The molecule has 0 atom stereocenters. The fourth-order valence-corrected chi connectivity index (χ4v) is 3.65. The molecule has 1 amide bonds. The summed E-state index contributed by atoms with van der Waals surface area (Å²) in [5, 5.41) is 5.25. The van der Waals surface area contributed by atoms with Crippen LogP contribution in [0, 0.1) is 13.8 Å². The Morgan fingerprint density at radius 1 is 1.27 bits per heavy atom. The van der Waals surface area contributed by atoms with Crippen LogP contribution in [-0.4, -0.2) is 33.8 Å². The maximum Gasteiger partial charge on any atom is 0.344 e. The number of nitrogens with zero attached hydrogens (tertiary/aromatic N) is 3. The number of hydrogen-bond acceptors (Lipinski definition) is 3. The van der Waals surface area contributed by atoms with E-state index in [-0.39, 0.29) is 6.03 Å². The average molecular weight is 382 g/mol. The minimum Gasteiger partial charge on any atom is -0.323 e. The first kappa shape index (κ1) is 17.1.